The molecule has 0 aromatic carbocycles. The third kappa shape index (κ3) is 3.19. The van der Waals surface area contributed by atoms with E-state index < -0.39 is 0 Å². The van der Waals surface area contributed by atoms with Crippen molar-refractivity contribution in [3.63, 3.8) is 0 Å². The summed E-state index contributed by atoms with van der Waals surface area (Å²) in [6.45, 7) is 10.8. The first kappa shape index (κ1) is 15.8. The SMILES string of the molecule is CCNC(CCCC(C)C)C12CC3CC(CC(C)(C3)C1)C2. The van der Waals surface area contributed by atoms with Crippen molar-refractivity contribution in [2.45, 2.75) is 91.5 Å². The van der Waals surface area contributed by atoms with Gasteiger partial charge in [0, 0.05) is 6.04 Å². The van der Waals surface area contributed by atoms with E-state index in [4.69, 9.17) is 0 Å². The smallest absolute Gasteiger partial charge is 0.0124 e. The van der Waals surface area contributed by atoms with Crippen LogP contribution in [0.2, 0.25) is 0 Å². The van der Waals surface area contributed by atoms with Crippen molar-refractivity contribution in [3.05, 3.63) is 0 Å². The van der Waals surface area contributed by atoms with E-state index in [1.807, 2.05) is 0 Å². The molecule has 0 aromatic heterocycles. The fraction of sp³-hybridized carbons (Fsp3) is 1.00. The summed E-state index contributed by atoms with van der Waals surface area (Å²) in [7, 11) is 0. The van der Waals surface area contributed by atoms with Gasteiger partial charge in [0.15, 0.2) is 0 Å². The predicted octanol–water partition coefficient (Wildman–Crippen LogP) is 5.40. The summed E-state index contributed by atoms with van der Waals surface area (Å²) in [4.78, 5) is 0. The van der Waals surface area contributed by atoms with Crippen LogP contribution in [0.3, 0.4) is 0 Å². The van der Waals surface area contributed by atoms with Crippen LogP contribution >= 0.6 is 0 Å². The summed E-state index contributed by atoms with van der Waals surface area (Å²) in [6, 6.07) is 0.798. The number of rotatable bonds is 7. The fourth-order valence-electron chi connectivity index (χ4n) is 6.81. The number of hydrogen-bond donors (Lipinski definition) is 1. The van der Waals surface area contributed by atoms with Crippen molar-refractivity contribution in [2.75, 3.05) is 6.54 Å². The minimum Gasteiger partial charge on any atom is -0.314 e. The first-order chi connectivity index (χ1) is 9.95. The van der Waals surface area contributed by atoms with Crippen molar-refractivity contribution in [3.8, 4) is 0 Å². The Morgan fingerprint density at radius 3 is 2.24 bits per heavy atom. The molecular weight excluding hydrogens is 254 g/mol. The van der Waals surface area contributed by atoms with Gasteiger partial charge in [0.1, 0.15) is 0 Å². The molecule has 4 saturated carbocycles. The molecule has 0 spiro atoms. The molecule has 122 valence electrons. The Hall–Kier alpha value is -0.0400. The molecule has 4 rings (SSSR count). The second kappa shape index (κ2) is 5.87. The van der Waals surface area contributed by atoms with E-state index in [2.05, 4.69) is 33.0 Å². The van der Waals surface area contributed by atoms with Crippen LogP contribution in [0.5, 0.6) is 0 Å². The molecule has 4 aliphatic rings. The lowest BCUT2D eigenvalue weighted by Gasteiger charge is -2.63. The van der Waals surface area contributed by atoms with Crippen LogP contribution in [-0.2, 0) is 0 Å². The lowest BCUT2D eigenvalue weighted by atomic mass is 9.43. The summed E-state index contributed by atoms with van der Waals surface area (Å²) >= 11 is 0. The average Bonchev–Trinajstić information content (AvgIpc) is 2.34. The molecule has 1 N–H and O–H groups in total. The van der Waals surface area contributed by atoms with E-state index in [1.165, 1.54) is 38.5 Å². The van der Waals surface area contributed by atoms with Crippen LogP contribution in [0.1, 0.15) is 85.5 Å². The normalized spacial score (nSPS) is 42.7. The first-order valence-corrected chi connectivity index (χ1v) is 9.68. The fourth-order valence-corrected chi connectivity index (χ4v) is 6.81. The third-order valence-electron chi connectivity index (χ3n) is 6.86. The van der Waals surface area contributed by atoms with Crippen molar-refractivity contribution in [1.29, 1.82) is 0 Å². The van der Waals surface area contributed by atoms with Gasteiger partial charge in [-0.1, -0.05) is 40.5 Å². The van der Waals surface area contributed by atoms with Crippen LogP contribution in [0.15, 0.2) is 0 Å². The zero-order valence-electron chi connectivity index (χ0n) is 14.9. The molecule has 4 fully saturated rings. The van der Waals surface area contributed by atoms with Gasteiger partial charge < -0.3 is 5.32 Å². The first-order valence-electron chi connectivity index (χ1n) is 9.68. The van der Waals surface area contributed by atoms with E-state index in [-0.39, 0.29) is 0 Å². The summed E-state index contributed by atoms with van der Waals surface area (Å²) in [5.41, 5.74) is 1.35. The molecule has 21 heavy (non-hydrogen) atoms. The van der Waals surface area contributed by atoms with E-state index >= 15 is 0 Å². The molecule has 4 bridgehead atoms. The highest BCUT2D eigenvalue weighted by Crippen LogP contribution is 2.66. The third-order valence-corrected chi connectivity index (χ3v) is 6.86. The Morgan fingerprint density at radius 1 is 1.05 bits per heavy atom. The summed E-state index contributed by atoms with van der Waals surface area (Å²) < 4.78 is 0. The number of nitrogens with one attached hydrogen (secondary N) is 1. The van der Waals surface area contributed by atoms with Gasteiger partial charge >= 0.3 is 0 Å². The molecule has 0 radical (unpaired) electrons. The largest absolute Gasteiger partial charge is 0.314 e. The molecule has 1 nitrogen and oxygen atoms in total. The quantitative estimate of drug-likeness (QED) is 0.662. The molecule has 0 heterocycles. The minimum absolute atomic E-state index is 0.659. The van der Waals surface area contributed by atoms with Crippen LogP contribution in [0.4, 0.5) is 0 Å². The summed E-state index contributed by atoms with van der Waals surface area (Å²) in [5.74, 6) is 2.98. The highest BCUT2D eigenvalue weighted by Gasteiger charge is 2.57. The van der Waals surface area contributed by atoms with Gasteiger partial charge in [0.25, 0.3) is 0 Å². The Balaban J connectivity index is 1.72. The minimum atomic E-state index is 0.659. The molecule has 0 aliphatic heterocycles. The molecule has 0 aromatic rings. The van der Waals surface area contributed by atoms with E-state index in [9.17, 15) is 0 Å². The number of hydrogen-bond acceptors (Lipinski definition) is 1. The van der Waals surface area contributed by atoms with Crippen LogP contribution in [0, 0.1) is 28.6 Å². The van der Waals surface area contributed by atoms with Gasteiger partial charge in [-0.3, -0.25) is 0 Å². The van der Waals surface area contributed by atoms with Crippen molar-refractivity contribution in [1.82, 2.24) is 5.32 Å². The molecule has 1 heteroatoms. The Labute approximate surface area is 132 Å². The maximum atomic E-state index is 3.93. The molecule has 0 saturated heterocycles. The topological polar surface area (TPSA) is 12.0 Å². The van der Waals surface area contributed by atoms with E-state index in [1.54, 1.807) is 19.3 Å². The van der Waals surface area contributed by atoms with Gasteiger partial charge in [0.2, 0.25) is 0 Å². The van der Waals surface area contributed by atoms with Gasteiger partial charge in [-0.05, 0) is 80.1 Å². The average molecular weight is 292 g/mol. The van der Waals surface area contributed by atoms with Gasteiger partial charge in [-0.25, -0.2) is 0 Å². The highest BCUT2D eigenvalue weighted by atomic mass is 14.9. The van der Waals surface area contributed by atoms with Gasteiger partial charge in [-0.15, -0.1) is 0 Å². The lowest BCUT2D eigenvalue weighted by molar-refractivity contribution is -0.119. The second-order valence-electron chi connectivity index (χ2n) is 9.57. The van der Waals surface area contributed by atoms with Crippen LogP contribution in [0.25, 0.3) is 0 Å². The monoisotopic (exact) mass is 291 g/mol. The van der Waals surface area contributed by atoms with Gasteiger partial charge in [-0.2, -0.15) is 0 Å². The molecule has 3 atom stereocenters. The van der Waals surface area contributed by atoms with Crippen LogP contribution in [-0.4, -0.2) is 12.6 Å². The highest BCUT2D eigenvalue weighted by molar-refractivity contribution is 5.09. The lowest BCUT2D eigenvalue weighted by Crippen LogP contribution is -2.58. The predicted molar refractivity (Wildman–Crippen MR) is 91.4 cm³/mol. The standard InChI is InChI=1S/C20H37N/c1-5-21-18(8-6-7-15(2)3)20-12-16-9-17(13-20)11-19(4,10-16)14-20/h15-18,21H,5-14H2,1-4H3. The second-order valence-corrected chi connectivity index (χ2v) is 9.57. The maximum absolute atomic E-state index is 3.93. The maximum Gasteiger partial charge on any atom is 0.0124 e. The van der Waals surface area contributed by atoms with E-state index in [0.29, 0.717) is 10.8 Å². The van der Waals surface area contributed by atoms with E-state index in [0.717, 1.165) is 30.3 Å². The zero-order chi connectivity index (χ0) is 15.1. The Morgan fingerprint density at radius 2 is 1.71 bits per heavy atom. The Bertz CT molecular complexity index is 345. The van der Waals surface area contributed by atoms with Gasteiger partial charge in [0.05, 0.1) is 0 Å². The summed E-state index contributed by atoms with van der Waals surface area (Å²) in [5, 5.41) is 3.93. The molecular formula is C20H37N. The van der Waals surface area contributed by atoms with Crippen molar-refractivity contribution >= 4 is 0 Å². The zero-order valence-corrected chi connectivity index (χ0v) is 14.9. The molecule has 4 aliphatic carbocycles. The molecule has 0 amide bonds. The van der Waals surface area contributed by atoms with Crippen molar-refractivity contribution < 1.29 is 0 Å². The summed E-state index contributed by atoms with van der Waals surface area (Å²) in [6.07, 6.45) is 13.5. The Kier molecular flexibility index (Phi) is 4.43. The molecule has 3 unspecified atom stereocenters. The van der Waals surface area contributed by atoms with Crippen molar-refractivity contribution in [2.24, 2.45) is 28.6 Å². The van der Waals surface area contributed by atoms with Crippen LogP contribution < -0.4 is 5.32 Å².